The van der Waals surface area contributed by atoms with Gasteiger partial charge in [-0.3, -0.25) is 10.1 Å². The molecule has 0 saturated carbocycles. The summed E-state index contributed by atoms with van der Waals surface area (Å²) >= 11 is 1.72. The average molecular weight is 366 g/mol. The summed E-state index contributed by atoms with van der Waals surface area (Å²) in [5.41, 5.74) is 4.14. The summed E-state index contributed by atoms with van der Waals surface area (Å²) in [6.07, 6.45) is 2.57. The van der Waals surface area contributed by atoms with E-state index in [4.69, 9.17) is 0 Å². The Bertz CT molecular complexity index is 859. The molecule has 3 rings (SSSR count). The fourth-order valence-electron chi connectivity index (χ4n) is 3.19. The van der Waals surface area contributed by atoms with Gasteiger partial charge in [-0.1, -0.05) is 55.5 Å². The minimum Gasteiger partial charge on any atom is -0.358 e. The Morgan fingerprint density at radius 1 is 1.12 bits per heavy atom. The third-order valence-corrected chi connectivity index (χ3v) is 5.57. The van der Waals surface area contributed by atoms with E-state index in [9.17, 15) is 10.1 Å². The van der Waals surface area contributed by atoms with Crippen molar-refractivity contribution < 1.29 is 4.92 Å². The summed E-state index contributed by atoms with van der Waals surface area (Å²) in [4.78, 5) is 12.6. The van der Waals surface area contributed by atoms with Crippen molar-refractivity contribution >= 4 is 11.8 Å². The van der Waals surface area contributed by atoms with Crippen LogP contribution in [0.2, 0.25) is 0 Å². The molecule has 0 fully saturated rings. The molecule has 0 amide bonds. The van der Waals surface area contributed by atoms with Gasteiger partial charge >= 0.3 is 0 Å². The first-order valence-electron chi connectivity index (χ1n) is 8.68. The highest BCUT2D eigenvalue weighted by Gasteiger charge is 2.33. The molecule has 0 radical (unpaired) electrons. The van der Waals surface area contributed by atoms with Gasteiger partial charge in [0.05, 0.1) is 16.5 Å². The monoisotopic (exact) mass is 366 g/mol. The van der Waals surface area contributed by atoms with Gasteiger partial charge in [0.2, 0.25) is 0 Å². The fraction of sp³-hybridized carbons (Fsp3) is 0.238. The van der Waals surface area contributed by atoms with Crippen LogP contribution in [0.4, 0.5) is 0 Å². The number of hydrogen-bond donors (Lipinski definition) is 1. The Kier molecular flexibility index (Phi) is 5.78. The maximum absolute atomic E-state index is 11.8. The lowest BCUT2D eigenvalue weighted by molar-refractivity contribution is -0.430. The number of thioether (sulfide) groups is 1. The second kappa shape index (κ2) is 8.23. The smallest absolute Gasteiger partial charge is 0.276 e. The van der Waals surface area contributed by atoms with Gasteiger partial charge < -0.3 is 5.32 Å². The van der Waals surface area contributed by atoms with Gasteiger partial charge in [0.15, 0.2) is 0 Å². The summed E-state index contributed by atoms with van der Waals surface area (Å²) in [6, 6.07) is 18.3. The molecule has 0 bridgehead atoms. The predicted octanol–water partition coefficient (Wildman–Crippen LogP) is 5.47. The molecule has 2 aromatic carbocycles. The van der Waals surface area contributed by atoms with Crippen LogP contribution in [0, 0.1) is 10.1 Å². The van der Waals surface area contributed by atoms with Crippen LogP contribution in [0.5, 0.6) is 0 Å². The van der Waals surface area contributed by atoms with Crippen LogP contribution in [0.3, 0.4) is 0 Å². The zero-order valence-corrected chi connectivity index (χ0v) is 15.8. The quantitative estimate of drug-likeness (QED) is 0.418. The molecule has 1 heterocycles. The Labute approximate surface area is 158 Å². The number of dihydropyridines is 1. The highest BCUT2D eigenvalue weighted by atomic mass is 32.2. The summed E-state index contributed by atoms with van der Waals surface area (Å²) in [6.45, 7) is 3.90. The molecule has 0 saturated heterocycles. The zero-order valence-electron chi connectivity index (χ0n) is 14.9. The lowest BCUT2D eigenvalue weighted by atomic mass is 9.90. The molecule has 0 aliphatic carbocycles. The molecule has 1 atom stereocenters. The van der Waals surface area contributed by atoms with Crippen molar-refractivity contribution in [3.8, 4) is 0 Å². The SMILES string of the molecule is CCC1=C([N+](=O)[O-])C(c2ccccc2SCc2ccccc2)C=C(C)N1. The highest BCUT2D eigenvalue weighted by Crippen LogP contribution is 2.38. The van der Waals surface area contributed by atoms with E-state index in [0.29, 0.717) is 12.1 Å². The molecule has 4 nitrogen and oxygen atoms in total. The van der Waals surface area contributed by atoms with Gasteiger partial charge in [0.1, 0.15) is 0 Å². The second-order valence-electron chi connectivity index (χ2n) is 6.24. The van der Waals surface area contributed by atoms with Crippen molar-refractivity contribution in [3.63, 3.8) is 0 Å². The van der Waals surface area contributed by atoms with Crippen LogP contribution in [0.15, 0.2) is 82.7 Å². The number of nitrogens with zero attached hydrogens (tertiary/aromatic N) is 1. The maximum atomic E-state index is 11.8. The third kappa shape index (κ3) is 3.99. The lowest BCUT2D eigenvalue weighted by Gasteiger charge is -2.23. The van der Waals surface area contributed by atoms with E-state index in [1.165, 1.54) is 5.56 Å². The van der Waals surface area contributed by atoms with Crippen molar-refractivity contribution in [1.82, 2.24) is 5.32 Å². The molecule has 1 unspecified atom stereocenters. The van der Waals surface area contributed by atoms with Gasteiger partial charge in [-0.25, -0.2) is 0 Å². The Balaban J connectivity index is 1.96. The third-order valence-electron chi connectivity index (χ3n) is 4.41. The fourth-order valence-corrected chi connectivity index (χ4v) is 4.25. The first kappa shape index (κ1) is 18.3. The molecule has 1 aliphatic rings. The summed E-state index contributed by atoms with van der Waals surface area (Å²) in [5.74, 6) is 0.504. The van der Waals surface area contributed by atoms with E-state index < -0.39 is 0 Å². The molecular formula is C21H22N2O2S. The van der Waals surface area contributed by atoms with Gasteiger partial charge in [-0.15, -0.1) is 11.8 Å². The molecule has 2 aromatic rings. The predicted molar refractivity (Wildman–Crippen MR) is 106 cm³/mol. The maximum Gasteiger partial charge on any atom is 0.276 e. The number of allylic oxidation sites excluding steroid dienone is 3. The first-order valence-corrected chi connectivity index (χ1v) is 9.67. The summed E-state index contributed by atoms with van der Waals surface area (Å²) < 4.78 is 0. The van der Waals surface area contributed by atoms with Crippen molar-refractivity contribution in [2.45, 2.75) is 36.8 Å². The summed E-state index contributed by atoms with van der Waals surface area (Å²) in [5, 5.41) is 14.9. The van der Waals surface area contributed by atoms with Crippen molar-refractivity contribution in [1.29, 1.82) is 0 Å². The first-order chi connectivity index (χ1) is 12.6. The molecule has 1 aliphatic heterocycles. The minimum atomic E-state index is -0.333. The van der Waals surface area contributed by atoms with Crippen molar-refractivity contribution in [2.75, 3.05) is 0 Å². The molecular weight excluding hydrogens is 344 g/mol. The van der Waals surface area contributed by atoms with E-state index in [1.807, 2.05) is 56.3 Å². The standard InChI is InChI=1S/C21H22N2O2S/c1-3-19-21(23(24)25)18(13-15(2)22-19)17-11-7-8-12-20(17)26-14-16-9-5-4-6-10-16/h4-13,18,22H,3,14H2,1-2H3. The van der Waals surface area contributed by atoms with E-state index >= 15 is 0 Å². The minimum absolute atomic E-state index is 0.238. The molecule has 26 heavy (non-hydrogen) atoms. The molecule has 0 spiro atoms. The number of nitrogens with one attached hydrogen (secondary N) is 1. The molecule has 134 valence electrons. The molecule has 0 aromatic heterocycles. The highest BCUT2D eigenvalue weighted by molar-refractivity contribution is 7.98. The Morgan fingerprint density at radius 2 is 1.81 bits per heavy atom. The van der Waals surface area contributed by atoms with Crippen LogP contribution in [-0.4, -0.2) is 4.92 Å². The van der Waals surface area contributed by atoms with Crippen LogP contribution >= 0.6 is 11.8 Å². The van der Waals surface area contributed by atoms with E-state index in [1.54, 1.807) is 11.8 Å². The van der Waals surface area contributed by atoms with Crippen molar-refractivity contribution in [3.05, 3.63) is 99.0 Å². The largest absolute Gasteiger partial charge is 0.358 e. The van der Waals surface area contributed by atoms with Crippen LogP contribution in [0.1, 0.15) is 37.3 Å². The van der Waals surface area contributed by atoms with Crippen LogP contribution in [0.25, 0.3) is 0 Å². The van der Waals surface area contributed by atoms with Gasteiger partial charge in [-0.05, 0) is 36.6 Å². The second-order valence-corrected chi connectivity index (χ2v) is 7.26. The number of nitro groups is 1. The van der Waals surface area contributed by atoms with E-state index in [0.717, 1.165) is 21.9 Å². The molecule has 1 N–H and O–H groups in total. The van der Waals surface area contributed by atoms with Crippen molar-refractivity contribution in [2.24, 2.45) is 0 Å². The normalized spacial score (nSPS) is 16.8. The topological polar surface area (TPSA) is 55.2 Å². The lowest BCUT2D eigenvalue weighted by Crippen LogP contribution is -2.25. The number of hydrogen-bond acceptors (Lipinski definition) is 4. The number of rotatable bonds is 6. The van der Waals surface area contributed by atoms with Gasteiger partial charge in [0.25, 0.3) is 5.70 Å². The summed E-state index contributed by atoms with van der Waals surface area (Å²) in [7, 11) is 0. The number of benzene rings is 2. The van der Waals surface area contributed by atoms with E-state index in [2.05, 4.69) is 23.5 Å². The van der Waals surface area contributed by atoms with Crippen LogP contribution in [-0.2, 0) is 5.75 Å². The zero-order chi connectivity index (χ0) is 18.5. The molecule has 5 heteroatoms. The van der Waals surface area contributed by atoms with Gasteiger partial charge in [0, 0.05) is 16.3 Å². The van der Waals surface area contributed by atoms with Gasteiger partial charge in [-0.2, -0.15) is 0 Å². The van der Waals surface area contributed by atoms with Crippen LogP contribution < -0.4 is 5.32 Å². The Hall–Kier alpha value is -2.53. The van der Waals surface area contributed by atoms with E-state index in [-0.39, 0.29) is 16.5 Å². The Morgan fingerprint density at radius 3 is 2.50 bits per heavy atom. The average Bonchev–Trinajstić information content (AvgIpc) is 2.66.